The van der Waals surface area contributed by atoms with E-state index in [4.69, 9.17) is 10.6 Å². The smallest absolute Gasteiger partial charge is 0.323 e. The molecule has 1 rings (SSSR count). The zero-order valence-corrected chi connectivity index (χ0v) is 11.6. The highest BCUT2D eigenvalue weighted by Gasteiger charge is 2.26. The lowest BCUT2D eigenvalue weighted by Crippen LogP contribution is -2.41. The molecule has 108 valence electrons. The minimum Gasteiger partial charge on any atom is -0.464 e. The van der Waals surface area contributed by atoms with E-state index in [9.17, 15) is 5.11 Å². The average molecular weight is 270 g/mol. The Morgan fingerprint density at radius 3 is 2.26 bits per heavy atom. The fraction of sp³-hybridized carbons (Fsp3) is 0.727. The summed E-state index contributed by atoms with van der Waals surface area (Å²) in [6.07, 6.45) is 1.47. The second-order valence-electron chi connectivity index (χ2n) is 4.11. The first kappa shape index (κ1) is 15.4. The second-order valence-corrected chi connectivity index (χ2v) is 4.11. The van der Waals surface area contributed by atoms with Gasteiger partial charge in [0.1, 0.15) is 0 Å². The van der Waals surface area contributed by atoms with Crippen molar-refractivity contribution in [2.24, 2.45) is 5.84 Å². The summed E-state index contributed by atoms with van der Waals surface area (Å²) in [6, 6.07) is 0.187. The van der Waals surface area contributed by atoms with Gasteiger partial charge >= 0.3 is 6.01 Å². The molecule has 0 aliphatic carbocycles. The Labute approximate surface area is 112 Å². The van der Waals surface area contributed by atoms with Gasteiger partial charge in [-0.05, 0) is 19.8 Å². The Balaban J connectivity index is 3.01. The quantitative estimate of drug-likeness (QED) is 0.399. The Bertz CT molecular complexity index is 389. The lowest BCUT2D eigenvalue weighted by atomic mass is 9.94. The summed E-state index contributed by atoms with van der Waals surface area (Å²) in [5, 5.41) is 12.7. The zero-order chi connectivity index (χ0) is 14.3. The number of ether oxygens (including phenoxy) is 1. The highest BCUT2D eigenvalue weighted by atomic mass is 16.5. The number of nitrogen functional groups attached to an aromatic ring is 1. The van der Waals surface area contributed by atoms with Crippen LogP contribution >= 0.6 is 0 Å². The van der Waals surface area contributed by atoms with Gasteiger partial charge in [0.25, 0.3) is 0 Å². The minimum absolute atomic E-state index is 0.0129. The third-order valence-corrected chi connectivity index (χ3v) is 3.05. The molecule has 0 fully saturated rings. The van der Waals surface area contributed by atoms with Crippen LogP contribution in [0.1, 0.15) is 33.6 Å². The first-order valence-corrected chi connectivity index (χ1v) is 6.37. The van der Waals surface area contributed by atoms with Crippen LogP contribution in [0.3, 0.4) is 0 Å². The molecule has 19 heavy (non-hydrogen) atoms. The summed E-state index contributed by atoms with van der Waals surface area (Å²) in [6.45, 7) is 6.24. The summed E-state index contributed by atoms with van der Waals surface area (Å²) in [5.74, 6) is 5.84. The molecule has 1 heterocycles. The van der Waals surface area contributed by atoms with E-state index in [0.29, 0.717) is 12.6 Å². The fourth-order valence-electron chi connectivity index (χ4n) is 1.60. The topological polar surface area (TPSA) is 118 Å². The van der Waals surface area contributed by atoms with Crippen molar-refractivity contribution >= 4 is 11.9 Å². The number of nitrogens with one attached hydrogen (secondary N) is 2. The van der Waals surface area contributed by atoms with E-state index in [0.717, 1.165) is 12.8 Å². The van der Waals surface area contributed by atoms with E-state index in [1.165, 1.54) is 0 Å². The van der Waals surface area contributed by atoms with Crippen LogP contribution < -0.4 is 21.3 Å². The summed E-state index contributed by atoms with van der Waals surface area (Å²) in [7, 11) is 0. The Morgan fingerprint density at radius 2 is 1.79 bits per heavy atom. The Morgan fingerprint density at radius 1 is 1.16 bits per heavy atom. The molecule has 8 heteroatoms. The molecule has 0 radical (unpaired) electrons. The van der Waals surface area contributed by atoms with Crippen molar-refractivity contribution in [3.8, 4) is 6.01 Å². The van der Waals surface area contributed by atoms with Gasteiger partial charge < -0.3 is 15.2 Å². The molecule has 0 atom stereocenters. The first-order valence-electron chi connectivity index (χ1n) is 6.37. The molecule has 0 aromatic carbocycles. The van der Waals surface area contributed by atoms with E-state index in [1.807, 2.05) is 20.8 Å². The van der Waals surface area contributed by atoms with Gasteiger partial charge in [-0.25, -0.2) is 5.84 Å². The molecule has 0 saturated heterocycles. The number of aliphatic hydroxyl groups excluding tert-OH is 1. The van der Waals surface area contributed by atoms with Crippen molar-refractivity contribution in [2.75, 3.05) is 24.0 Å². The maximum atomic E-state index is 9.53. The van der Waals surface area contributed by atoms with Crippen LogP contribution in [-0.4, -0.2) is 38.8 Å². The molecule has 1 aromatic heterocycles. The van der Waals surface area contributed by atoms with Crippen LogP contribution in [0.4, 0.5) is 11.9 Å². The normalized spacial score (nSPS) is 11.2. The van der Waals surface area contributed by atoms with E-state index in [2.05, 4.69) is 25.7 Å². The second kappa shape index (κ2) is 7.05. The van der Waals surface area contributed by atoms with Gasteiger partial charge in [-0.3, -0.25) is 5.43 Å². The number of anilines is 2. The lowest BCUT2D eigenvalue weighted by molar-refractivity contribution is 0.201. The van der Waals surface area contributed by atoms with E-state index < -0.39 is 5.54 Å². The van der Waals surface area contributed by atoms with Crippen LogP contribution in [0.15, 0.2) is 0 Å². The number of rotatable bonds is 8. The average Bonchev–Trinajstić information content (AvgIpc) is 2.45. The maximum Gasteiger partial charge on any atom is 0.323 e. The van der Waals surface area contributed by atoms with Crippen LogP contribution in [0.5, 0.6) is 6.01 Å². The molecule has 1 aromatic rings. The SMILES string of the molecule is CCOc1nc(NN)nc(NC(CC)(CC)CO)n1. The van der Waals surface area contributed by atoms with Gasteiger partial charge in [0.15, 0.2) is 0 Å². The van der Waals surface area contributed by atoms with Crippen molar-refractivity contribution in [3.63, 3.8) is 0 Å². The standard InChI is InChI=1S/C11H22N6O2/c1-4-11(5-2,7-18)16-8-13-9(17-12)15-10(14-8)19-6-3/h18H,4-7,12H2,1-3H3,(H2,13,14,15,16,17). The van der Waals surface area contributed by atoms with Gasteiger partial charge in [0.05, 0.1) is 18.8 Å². The highest BCUT2D eigenvalue weighted by molar-refractivity contribution is 5.37. The number of nitrogens with two attached hydrogens (primary N) is 1. The van der Waals surface area contributed by atoms with Crippen LogP contribution in [0, 0.1) is 0 Å². The van der Waals surface area contributed by atoms with Gasteiger partial charge in [0, 0.05) is 0 Å². The summed E-state index contributed by atoms with van der Waals surface area (Å²) in [5.41, 5.74) is 1.90. The predicted octanol–water partition coefficient (Wildman–Crippen LogP) is 0.519. The lowest BCUT2D eigenvalue weighted by Gasteiger charge is -2.30. The van der Waals surface area contributed by atoms with Crippen molar-refractivity contribution in [2.45, 2.75) is 39.2 Å². The van der Waals surface area contributed by atoms with Crippen molar-refractivity contribution in [1.82, 2.24) is 15.0 Å². The maximum absolute atomic E-state index is 9.53. The van der Waals surface area contributed by atoms with Crippen molar-refractivity contribution in [1.29, 1.82) is 0 Å². The monoisotopic (exact) mass is 270 g/mol. The zero-order valence-electron chi connectivity index (χ0n) is 11.6. The number of nitrogens with zero attached hydrogens (tertiary/aromatic N) is 3. The number of aliphatic hydroxyl groups is 1. The van der Waals surface area contributed by atoms with Crippen molar-refractivity contribution in [3.05, 3.63) is 0 Å². The van der Waals surface area contributed by atoms with E-state index in [1.54, 1.807) is 0 Å². The molecular formula is C11H22N6O2. The molecule has 0 aliphatic rings. The van der Waals surface area contributed by atoms with Gasteiger partial charge in [-0.1, -0.05) is 13.8 Å². The summed E-state index contributed by atoms with van der Waals surface area (Å²) >= 11 is 0. The van der Waals surface area contributed by atoms with Crippen LogP contribution in [0.25, 0.3) is 0 Å². The number of aromatic nitrogens is 3. The molecule has 5 N–H and O–H groups in total. The summed E-state index contributed by atoms with van der Waals surface area (Å²) < 4.78 is 5.24. The predicted molar refractivity (Wildman–Crippen MR) is 72.8 cm³/mol. The molecule has 0 amide bonds. The molecule has 8 nitrogen and oxygen atoms in total. The fourth-order valence-corrected chi connectivity index (χ4v) is 1.60. The Kier molecular flexibility index (Phi) is 5.71. The van der Waals surface area contributed by atoms with E-state index >= 15 is 0 Å². The highest BCUT2D eigenvalue weighted by Crippen LogP contribution is 2.21. The molecule has 0 aliphatic heterocycles. The van der Waals surface area contributed by atoms with Crippen LogP contribution in [-0.2, 0) is 0 Å². The third kappa shape index (κ3) is 3.90. The van der Waals surface area contributed by atoms with E-state index in [-0.39, 0.29) is 18.6 Å². The van der Waals surface area contributed by atoms with Gasteiger partial charge in [0.2, 0.25) is 11.9 Å². The largest absolute Gasteiger partial charge is 0.464 e. The number of hydrazine groups is 1. The van der Waals surface area contributed by atoms with Crippen molar-refractivity contribution < 1.29 is 9.84 Å². The third-order valence-electron chi connectivity index (χ3n) is 3.05. The number of hydrogen-bond donors (Lipinski definition) is 4. The number of hydrogen-bond acceptors (Lipinski definition) is 8. The Hall–Kier alpha value is -1.67. The first-order chi connectivity index (χ1) is 9.12. The molecular weight excluding hydrogens is 248 g/mol. The minimum atomic E-state index is -0.462. The summed E-state index contributed by atoms with van der Waals surface area (Å²) in [4.78, 5) is 12.2. The molecule has 0 spiro atoms. The molecule has 0 saturated carbocycles. The van der Waals surface area contributed by atoms with Gasteiger partial charge in [-0.2, -0.15) is 15.0 Å². The molecule has 0 unspecified atom stereocenters. The van der Waals surface area contributed by atoms with Crippen LogP contribution in [0.2, 0.25) is 0 Å². The van der Waals surface area contributed by atoms with Gasteiger partial charge in [-0.15, -0.1) is 0 Å². The molecule has 0 bridgehead atoms.